The first-order chi connectivity index (χ1) is 5.93. The van der Waals surface area contributed by atoms with Gasteiger partial charge in [-0.1, -0.05) is 37.3 Å². The van der Waals surface area contributed by atoms with Crippen LogP contribution in [0.15, 0.2) is 30.3 Å². The summed E-state index contributed by atoms with van der Waals surface area (Å²) in [4.78, 5) is 21.6. The van der Waals surface area contributed by atoms with Crippen LogP contribution in [0.5, 0.6) is 0 Å². The maximum atomic E-state index is 8.88. The van der Waals surface area contributed by atoms with Crippen molar-refractivity contribution in [3.63, 3.8) is 0 Å². The lowest BCUT2D eigenvalue weighted by atomic mass is 10.2. The van der Waals surface area contributed by atoms with Gasteiger partial charge >= 0.3 is 7.82 Å². The minimum atomic E-state index is -4.64. The van der Waals surface area contributed by atoms with Crippen LogP contribution in [0.3, 0.4) is 0 Å². The summed E-state index contributed by atoms with van der Waals surface area (Å²) in [5.41, 5.74) is 1.41. The van der Waals surface area contributed by atoms with Crippen LogP contribution in [-0.4, -0.2) is 14.7 Å². The van der Waals surface area contributed by atoms with E-state index in [-0.39, 0.29) is 0 Å². The van der Waals surface area contributed by atoms with E-state index in [4.69, 9.17) is 19.2 Å². The molecule has 5 heteroatoms. The summed E-state index contributed by atoms with van der Waals surface area (Å²) >= 11 is 0. The molecule has 0 radical (unpaired) electrons. The molecule has 0 saturated heterocycles. The topological polar surface area (TPSA) is 77.8 Å². The molecule has 4 nitrogen and oxygen atoms in total. The van der Waals surface area contributed by atoms with Gasteiger partial charge in [0.1, 0.15) is 0 Å². The molecule has 0 bridgehead atoms. The zero-order valence-electron chi connectivity index (χ0n) is 7.29. The number of benzene rings is 1. The maximum Gasteiger partial charge on any atom is 0.466 e. The standard InChI is InChI=1S/C8H10.H3O4P/c1-2-8-6-4-3-5-7-8;1-5(2,3)4/h3-7H,2H2,1H3;(H3,1,2,3,4). The first-order valence-electron chi connectivity index (χ1n) is 3.75. The summed E-state index contributed by atoms with van der Waals surface area (Å²) in [5.74, 6) is 0. The van der Waals surface area contributed by atoms with Crippen molar-refractivity contribution in [1.29, 1.82) is 0 Å². The molecular weight excluding hydrogens is 191 g/mol. The molecule has 0 fully saturated rings. The molecule has 0 atom stereocenters. The Balaban J connectivity index is 0.000000252. The fourth-order valence-electron chi connectivity index (χ4n) is 0.714. The van der Waals surface area contributed by atoms with E-state index in [0.29, 0.717) is 0 Å². The Labute approximate surface area is 77.1 Å². The van der Waals surface area contributed by atoms with Gasteiger partial charge in [-0.25, -0.2) is 4.57 Å². The summed E-state index contributed by atoms with van der Waals surface area (Å²) < 4.78 is 8.88. The van der Waals surface area contributed by atoms with Crippen molar-refractivity contribution in [2.75, 3.05) is 0 Å². The van der Waals surface area contributed by atoms with Crippen molar-refractivity contribution in [3.05, 3.63) is 35.9 Å². The third kappa shape index (κ3) is 11.3. The van der Waals surface area contributed by atoms with Crippen LogP contribution in [0.2, 0.25) is 0 Å². The van der Waals surface area contributed by atoms with Crippen molar-refractivity contribution in [2.45, 2.75) is 13.3 Å². The van der Waals surface area contributed by atoms with Crippen LogP contribution >= 0.6 is 7.82 Å². The molecule has 0 spiro atoms. The summed E-state index contributed by atoms with van der Waals surface area (Å²) in [5, 5.41) is 0. The van der Waals surface area contributed by atoms with E-state index in [9.17, 15) is 0 Å². The lowest BCUT2D eigenvalue weighted by Gasteiger charge is -1.89. The van der Waals surface area contributed by atoms with E-state index in [1.165, 1.54) is 5.56 Å². The minimum Gasteiger partial charge on any atom is -0.303 e. The SMILES string of the molecule is CCc1ccccc1.O=P(O)(O)O. The quantitative estimate of drug-likeness (QED) is 0.603. The van der Waals surface area contributed by atoms with Crippen molar-refractivity contribution >= 4 is 7.82 Å². The van der Waals surface area contributed by atoms with Gasteiger partial charge in [0.05, 0.1) is 0 Å². The first-order valence-corrected chi connectivity index (χ1v) is 5.32. The molecule has 1 aromatic carbocycles. The molecule has 0 aromatic heterocycles. The van der Waals surface area contributed by atoms with E-state index in [0.717, 1.165) is 6.42 Å². The largest absolute Gasteiger partial charge is 0.466 e. The predicted molar refractivity (Wildman–Crippen MR) is 50.1 cm³/mol. The number of hydrogen-bond acceptors (Lipinski definition) is 1. The second-order valence-corrected chi connectivity index (χ2v) is 3.38. The highest BCUT2D eigenvalue weighted by atomic mass is 31.2. The van der Waals surface area contributed by atoms with Crippen LogP contribution in [0.1, 0.15) is 12.5 Å². The lowest BCUT2D eigenvalue weighted by molar-refractivity contribution is 0.275. The summed E-state index contributed by atoms with van der Waals surface area (Å²) in [6.07, 6.45) is 1.14. The number of rotatable bonds is 1. The fourth-order valence-corrected chi connectivity index (χ4v) is 0.714. The molecule has 0 aliphatic carbocycles. The van der Waals surface area contributed by atoms with Crippen molar-refractivity contribution in [1.82, 2.24) is 0 Å². The van der Waals surface area contributed by atoms with Crippen LogP contribution < -0.4 is 0 Å². The Morgan fingerprint density at radius 3 is 1.77 bits per heavy atom. The van der Waals surface area contributed by atoms with Crippen LogP contribution in [0, 0.1) is 0 Å². The molecule has 0 heterocycles. The van der Waals surface area contributed by atoms with Gasteiger partial charge < -0.3 is 14.7 Å². The second kappa shape index (κ2) is 5.89. The van der Waals surface area contributed by atoms with Gasteiger partial charge in [-0.15, -0.1) is 0 Å². The average molecular weight is 204 g/mol. The van der Waals surface area contributed by atoms with Crippen molar-refractivity contribution in [3.8, 4) is 0 Å². The molecule has 1 rings (SSSR count). The molecule has 1 aromatic rings. The maximum absolute atomic E-state index is 8.88. The third-order valence-electron chi connectivity index (χ3n) is 1.25. The highest BCUT2D eigenvalue weighted by Crippen LogP contribution is 2.25. The Morgan fingerprint density at radius 2 is 1.54 bits per heavy atom. The Morgan fingerprint density at radius 1 is 1.15 bits per heavy atom. The van der Waals surface area contributed by atoms with Gasteiger partial charge in [0.25, 0.3) is 0 Å². The van der Waals surface area contributed by atoms with E-state index < -0.39 is 7.82 Å². The minimum absolute atomic E-state index is 1.14. The molecule has 0 amide bonds. The fraction of sp³-hybridized carbons (Fsp3) is 0.250. The third-order valence-corrected chi connectivity index (χ3v) is 1.25. The molecule has 3 N–H and O–H groups in total. The van der Waals surface area contributed by atoms with Gasteiger partial charge in [0.2, 0.25) is 0 Å². The van der Waals surface area contributed by atoms with Gasteiger partial charge in [0.15, 0.2) is 0 Å². The van der Waals surface area contributed by atoms with E-state index in [2.05, 4.69) is 31.2 Å². The molecule has 0 unspecified atom stereocenters. The van der Waals surface area contributed by atoms with E-state index in [1.807, 2.05) is 6.07 Å². The summed E-state index contributed by atoms with van der Waals surface area (Å²) in [6, 6.07) is 10.5. The van der Waals surface area contributed by atoms with Gasteiger partial charge in [-0.3, -0.25) is 0 Å². The molecular formula is C8H13O4P. The van der Waals surface area contributed by atoms with Crippen LogP contribution in [0.4, 0.5) is 0 Å². The second-order valence-electron chi connectivity index (χ2n) is 2.35. The Kier molecular flexibility index (Phi) is 5.58. The van der Waals surface area contributed by atoms with Crippen molar-refractivity contribution in [2.24, 2.45) is 0 Å². The average Bonchev–Trinajstić information content (AvgIpc) is 2.03. The summed E-state index contributed by atoms with van der Waals surface area (Å²) in [6.45, 7) is 2.16. The van der Waals surface area contributed by atoms with E-state index >= 15 is 0 Å². The number of phosphoric acid groups is 1. The zero-order chi connectivity index (χ0) is 10.3. The highest BCUT2D eigenvalue weighted by molar-refractivity contribution is 7.45. The molecule has 0 saturated carbocycles. The smallest absolute Gasteiger partial charge is 0.303 e. The molecule has 0 aliphatic heterocycles. The number of hydrogen-bond donors (Lipinski definition) is 3. The van der Waals surface area contributed by atoms with Crippen molar-refractivity contribution < 1.29 is 19.2 Å². The molecule has 13 heavy (non-hydrogen) atoms. The Bertz CT molecular complexity index is 258. The van der Waals surface area contributed by atoms with E-state index in [1.54, 1.807) is 0 Å². The Hall–Kier alpha value is -0.670. The van der Waals surface area contributed by atoms with Gasteiger partial charge in [-0.2, -0.15) is 0 Å². The molecule has 74 valence electrons. The van der Waals surface area contributed by atoms with Crippen LogP contribution in [-0.2, 0) is 11.0 Å². The normalized spacial score (nSPS) is 10.2. The first kappa shape index (κ1) is 12.3. The zero-order valence-corrected chi connectivity index (χ0v) is 8.19. The number of aryl methyl sites for hydroxylation is 1. The predicted octanol–water partition coefficient (Wildman–Crippen LogP) is 1.32. The monoisotopic (exact) mass is 204 g/mol. The van der Waals surface area contributed by atoms with Gasteiger partial charge in [0, 0.05) is 0 Å². The summed E-state index contributed by atoms with van der Waals surface area (Å²) in [7, 11) is -4.64. The highest BCUT2D eigenvalue weighted by Gasteiger charge is 2.00. The van der Waals surface area contributed by atoms with Gasteiger partial charge in [-0.05, 0) is 12.0 Å². The lowest BCUT2D eigenvalue weighted by Crippen LogP contribution is -1.73. The van der Waals surface area contributed by atoms with Crippen LogP contribution in [0.25, 0.3) is 0 Å². The molecule has 0 aliphatic rings.